The molecule has 0 fully saturated rings. The summed E-state index contributed by atoms with van der Waals surface area (Å²) in [7, 11) is -3.78. The molecule has 0 saturated heterocycles. The van der Waals surface area contributed by atoms with Crippen LogP contribution in [0.1, 0.15) is 12.0 Å². The van der Waals surface area contributed by atoms with Crippen LogP contribution in [0.5, 0.6) is 0 Å². The van der Waals surface area contributed by atoms with Gasteiger partial charge in [-0.25, -0.2) is 8.42 Å². The maximum Gasteiger partial charge on any atom is 0.271 e. The van der Waals surface area contributed by atoms with Crippen LogP contribution in [0.3, 0.4) is 0 Å². The topological polar surface area (TPSA) is 80.5 Å². The summed E-state index contributed by atoms with van der Waals surface area (Å²) < 4.78 is 26.9. The number of nitrogens with zero attached hydrogens (tertiary/aromatic N) is 2. The third kappa shape index (κ3) is 2.89. The molecule has 0 aromatic heterocycles. The standard InChI is InChI=1S/C15H13ClN2O4S/c16-12-4-7-14(8-5-12)23(21,22)17-9-1-2-11-3-6-13(18(19)20)10-15(11)17/h3-8,10H,1-2,9H2. The highest BCUT2D eigenvalue weighted by Gasteiger charge is 2.30. The summed E-state index contributed by atoms with van der Waals surface area (Å²) in [6.45, 7) is 0.291. The number of nitro benzene ring substituents is 1. The summed E-state index contributed by atoms with van der Waals surface area (Å²) in [5, 5.41) is 11.4. The Hall–Kier alpha value is -2.12. The molecule has 0 spiro atoms. The van der Waals surface area contributed by atoms with Gasteiger partial charge < -0.3 is 0 Å². The number of rotatable bonds is 3. The molecule has 6 nitrogen and oxygen atoms in total. The summed E-state index contributed by atoms with van der Waals surface area (Å²) >= 11 is 5.80. The zero-order valence-electron chi connectivity index (χ0n) is 12.0. The van der Waals surface area contributed by atoms with Crippen molar-refractivity contribution in [1.82, 2.24) is 0 Å². The number of non-ortho nitro benzene ring substituents is 1. The van der Waals surface area contributed by atoms with Gasteiger partial charge in [0.1, 0.15) is 0 Å². The van der Waals surface area contributed by atoms with E-state index in [0.29, 0.717) is 30.1 Å². The molecule has 0 saturated carbocycles. The maximum atomic E-state index is 12.9. The molecule has 1 aliphatic heterocycles. The van der Waals surface area contributed by atoms with E-state index < -0.39 is 14.9 Å². The van der Waals surface area contributed by atoms with Crippen molar-refractivity contribution in [3.8, 4) is 0 Å². The van der Waals surface area contributed by atoms with Crippen LogP contribution in [0.4, 0.5) is 11.4 Å². The molecule has 8 heteroatoms. The molecule has 23 heavy (non-hydrogen) atoms. The smallest absolute Gasteiger partial charge is 0.266 e. The average Bonchev–Trinajstić information content (AvgIpc) is 2.54. The van der Waals surface area contributed by atoms with Crippen LogP contribution in [-0.2, 0) is 16.4 Å². The number of aryl methyl sites for hydroxylation is 1. The van der Waals surface area contributed by atoms with Crippen LogP contribution in [-0.4, -0.2) is 19.9 Å². The second kappa shape index (κ2) is 5.82. The summed E-state index contributed by atoms with van der Waals surface area (Å²) in [6.07, 6.45) is 1.36. The van der Waals surface area contributed by atoms with Crippen molar-refractivity contribution in [1.29, 1.82) is 0 Å². The third-order valence-corrected chi connectivity index (χ3v) is 5.84. The fourth-order valence-electron chi connectivity index (χ4n) is 2.63. The van der Waals surface area contributed by atoms with Crippen molar-refractivity contribution in [2.24, 2.45) is 0 Å². The molecule has 0 N–H and O–H groups in total. The summed E-state index contributed by atoms with van der Waals surface area (Å²) in [6, 6.07) is 10.2. The lowest BCUT2D eigenvalue weighted by Gasteiger charge is -2.30. The predicted molar refractivity (Wildman–Crippen MR) is 87.4 cm³/mol. The molecule has 0 radical (unpaired) electrons. The minimum atomic E-state index is -3.78. The van der Waals surface area contributed by atoms with Crippen LogP contribution in [0.15, 0.2) is 47.4 Å². The van der Waals surface area contributed by atoms with Crippen LogP contribution in [0.2, 0.25) is 5.02 Å². The lowest BCUT2D eigenvalue weighted by Crippen LogP contribution is -2.35. The molecular formula is C15H13ClN2O4S. The van der Waals surface area contributed by atoms with Gasteiger partial charge in [0.2, 0.25) is 0 Å². The highest BCUT2D eigenvalue weighted by atomic mass is 35.5. The van der Waals surface area contributed by atoms with E-state index in [-0.39, 0.29) is 10.6 Å². The molecule has 0 atom stereocenters. The Morgan fingerprint density at radius 1 is 1.13 bits per heavy atom. The van der Waals surface area contributed by atoms with Gasteiger partial charge in [0, 0.05) is 23.7 Å². The maximum absolute atomic E-state index is 12.9. The summed E-state index contributed by atoms with van der Waals surface area (Å²) in [4.78, 5) is 10.6. The number of sulfonamides is 1. The highest BCUT2D eigenvalue weighted by Crippen LogP contribution is 2.34. The first kappa shape index (κ1) is 15.8. The fraction of sp³-hybridized carbons (Fsp3) is 0.200. The van der Waals surface area contributed by atoms with E-state index in [1.807, 2.05) is 0 Å². The van der Waals surface area contributed by atoms with Gasteiger partial charge in [0.05, 0.1) is 15.5 Å². The van der Waals surface area contributed by atoms with E-state index >= 15 is 0 Å². The molecule has 2 aromatic rings. The highest BCUT2D eigenvalue weighted by molar-refractivity contribution is 7.92. The van der Waals surface area contributed by atoms with E-state index in [4.69, 9.17) is 11.6 Å². The Labute approximate surface area is 138 Å². The number of hydrogen-bond acceptors (Lipinski definition) is 4. The molecular weight excluding hydrogens is 340 g/mol. The predicted octanol–water partition coefficient (Wildman–Crippen LogP) is 3.39. The van der Waals surface area contributed by atoms with Crippen molar-refractivity contribution in [3.63, 3.8) is 0 Å². The number of halogens is 1. The van der Waals surface area contributed by atoms with Gasteiger partial charge in [-0.05, 0) is 42.7 Å². The zero-order valence-corrected chi connectivity index (χ0v) is 13.5. The lowest BCUT2D eigenvalue weighted by molar-refractivity contribution is -0.384. The lowest BCUT2D eigenvalue weighted by atomic mass is 10.0. The molecule has 1 heterocycles. The number of hydrogen-bond donors (Lipinski definition) is 0. The van der Waals surface area contributed by atoms with Crippen molar-refractivity contribution in [2.45, 2.75) is 17.7 Å². The van der Waals surface area contributed by atoms with Gasteiger partial charge in [-0.15, -0.1) is 0 Å². The van der Waals surface area contributed by atoms with E-state index in [9.17, 15) is 18.5 Å². The van der Waals surface area contributed by atoms with E-state index in [1.54, 1.807) is 6.07 Å². The van der Waals surface area contributed by atoms with Crippen molar-refractivity contribution in [2.75, 3.05) is 10.8 Å². The number of fused-ring (bicyclic) bond motifs is 1. The summed E-state index contributed by atoms with van der Waals surface area (Å²) in [5.74, 6) is 0. The Kier molecular flexibility index (Phi) is 3.99. The molecule has 0 amide bonds. The van der Waals surface area contributed by atoms with Crippen molar-refractivity contribution >= 4 is 33.0 Å². The van der Waals surface area contributed by atoms with E-state index in [0.717, 1.165) is 5.56 Å². The quantitative estimate of drug-likeness (QED) is 0.626. The second-order valence-electron chi connectivity index (χ2n) is 5.20. The molecule has 2 aromatic carbocycles. The molecule has 3 rings (SSSR count). The third-order valence-electron chi connectivity index (χ3n) is 3.76. The van der Waals surface area contributed by atoms with Gasteiger partial charge in [-0.1, -0.05) is 17.7 Å². The number of anilines is 1. The van der Waals surface area contributed by atoms with Gasteiger partial charge in [0.15, 0.2) is 0 Å². The van der Waals surface area contributed by atoms with Gasteiger partial charge >= 0.3 is 0 Å². The fourth-order valence-corrected chi connectivity index (χ4v) is 4.29. The first-order valence-corrected chi connectivity index (χ1v) is 8.77. The average molecular weight is 353 g/mol. The number of nitro groups is 1. The van der Waals surface area contributed by atoms with Crippen LogP contribution >= 0.6 is 11.6 Å². The Morgan fingerprint density at radius 3 is 2.48 bits per heavy atom. The first-order valence-electron chi connectivity index (χ1n) is 6.95. The zero-order chi connectivity index (χ0) is 16.6. The molecule has 0 unspecified atom stereocenters. The molecule has 0 aliphatic carbocycles. The van der Waals surface area contributed by atoms with Crippen LogP contribution < -0.4 is 4.31 Å². The minimum Gasteiger partial charge on any atom is -0.266 e. The van der Waals surface area contributed by atoms with E-state index in [1.165, 1.54) is 40.7 Å². The Balaban J connectivity index is 2.10. The number of benzene rings is 2. The van der Waals surface area contributed by atoms with Gasteiger partial charge in [0.25, 0.3) is 15.7 Å². The largest absolute Gasteiger partial charge is 0.271 e. The SMILES string of the molecule is O=[N+]([O-])c1ccc2c(c1)N(S(=O)(=O)c1ccc(Cl)cc1)CCC2. The van der Waals surface area contributed by atoms with Gasteiger partial charge in [-0.3, -0.25) is 14.4 Å². The van der Waals surface area contributed by atoms with Crippen molar-refractivity contribution < 1.29 is 13.3 Å². The van der Waals surface area contributed by atoms with Gasteiger partial charge in [-0.2, -0.15) is 0 Å². The Morgan fingerprint density at radius 2 is 1.83 bits per heavy atom. The van der Waals surface area contributed by atoms with Crippen LogP contribution in [0, 0.1) is 10.1 Å². The monoisotopic (exact) mass is 352 g/mol. The summed E-state index contributed by atoms with van der Waals surface area (Å²) in [5.41, 5.74) is 1.04. The second-order valence-corrected chi connectivity index (χ2v) is 7.50. The molecule has 0 bridgehead atoms. The normalized spacial score (nSPS) is 14.4. The van der Waals surface area contributed by atoms with Crippen molar-refractivity contribution in [3.05, 3.63) is 63.2 Å². The first-order chi connectivity index (χ1) is 10.9. The van der Waals surface area contributed by atoms with E-state index in [2.05, 4.69) is 0 Å². The van der Waals surface area contributed by atoms with Crippen LogP contribution in [0.25, 0.3) is 0 Å². The molecule has 1 aliphatic rings. The minimum absolute atomic E-state index is 0.112. The molecule has 120 valence electrons. The Bertz CT molecular complexity index is 866.